The van der Waals surface area contributed by atoms with E-state index in [9.17, 15) is 24.6 Å². The molecule has 6 nitrogen and oxygen atoms in total. The Hall–Kier alpha value is -1.71. The minimum absolute atomic E-state index is 0.0155. The van der Waals surface area contributed by atoms with Gasteiger partial charge in [0.2, 0.25) is 0 Å². The molecular formula is C12H7NO5S3-2. The van der Waals surface area contributed by atoms with E-state index in [2.05, 4.69) is 0 Å². The summed E-state index contributed by atoms with van der Waals surface area (Å²) in [6.07, 6.45) is 0.705. The summed E-state index contributed by atoms with van der Waals surface area (Å²) in [6.45, 7) is 0. The molecule has 2 rings (SSSR count). The Morgan fingerprint density at radius 1 is 1.43 bits per heavy atom. The van der Waals surface area contributed by atoms with Gasteiger partial charge >= 0.3 is 0 Å². The smallest absolute Gasteiger partial charge is 0.266 e. The van der Waals surface area contributed by atoms with Gasteiger partial charge in [-0.1, -0.05) is 30.0 Å². The highest BCUT2D eigenvalue weighted by atomic mass is 32.2. The molecule has 0 bridgehead atoms. The molecule has 1 saturated heterocycles. The molecule has 0 spiro atoms. The second kappa shape index (κ2) is 6.37. The van der Waals surface area contributed by atoms with E-state index < -0.39 is 30.3 Å². The van der Waals surface area contributed by atoms with Crippen molar-refractivity contribution in [1.29, 1.82) is 0 Å². The Kier molecular flexibility index (Phi) is 4.76. The zero-order chi connectivity index (χ0) is 15.6. The summed E-state index contributed by atoms with van der Waals surface area (Å²) in [5.74, 6) is -3.93. The zero-order valence-corrected chi connectivity index (χ0v) is 12.8. The van der Waals surface area contributed by atoms with Crippen molar-refractivity contribution in [2.45, 2.75) is 12.5 Å². The molecule has 1 aromatic rings. The Bertz CT molecular complexity index is 637. The van der Waals surface area contributed by atoms with Crippen LogP contribution in [-0.4, -0.2) is 33.1 Å². The minimum atomic E-state index is -1.69. The summed E-state index contributed by atoms with van der Waals surface area (Å²) in [4.78, 5) is 35.7. The number of aliphatic carboxylic acids is 2. The van der Waals surface area contributed by atoms with Crippen LogP contribution in [0.3, 0.4) is 0 Å². The number of hydrogen-bond donors (Lipinski definition) is 0. The number of thioether (sulfide) groups is 1. The lowest BCUT2D eigenvalue weighted by Crippen LogP contribution is -2.52. The third-order valence-corrected chi connectivity index (χ3v) is 4.73. The maximum atomic E-state index is 12.2. The van der Waals surface area contributed by atoms with Crippen LogP contribution in [0.25, 0.3) is 6.08 Å². The number of thiophene rings is 1. The van der Waals surface area contributed by atoms with Crippen LogP contribution in [-0.2, 0) is 14.4 Å². The molecule has 21 heavy (non-hydrogen) atoms. The van der Waals surface area contributed by atoms with Gasteiger partial charge < -0.3 is 19.8 Å². The average molecular weight is 341 g/mol. The minimum Gasteiger partial charge on any atom is -0.550 e. The molecule has 0 N–H and O–H groups in total. The first-order valence-electron chi connectivity index (χ1n) is 5.61. The Morgan fingerprint density at radius 3 is 2.67 bits per heavy atom. The largest absolute Gasteiger partial charge is 0.550 e. The van der Waals surface area contributed by atoms with Crippen molar-refractivity contribution in [3.8, 4) is 0 Å². The summed E-state index contributed by atoms with van der Waals surface area (Å²) in [5.41, 5.74) is 0. The van der Waals surface area contributed by atoms with Crippen molar-refractivity contribution in [3.05, 3.63) is 27.3 Å². The predicted molar refractivity (Wildman–Crippen MR) is 77.8 cm³/mol. The molecule has 0 unspecified atom stereocenters. The first-order valence-corrected chi connectivity index (χ1v) is 7.72. The summed E-state index contributed by atoms with van der Waals surface area (Å²) >= 11 is 7.29. The molecule has 1 amide bonds. The zero-order valence-electron chi connectivity index (χ0n) is 10.3. The van der Waals surface area contributed by atoms with E-state index >= 15 is 0 Å². The van der Waals surface area contributed by atoms with E-state index in [4.69, 9.17) is 12.2 Å². The van der Waals surface area contributed by atoms with Gasteiger partial charge in [0, 0.05) is 17.3 Å². The maximum Gasteiger partial charge on any atom is 0.266 e. The molecule has 1 aliphatic rings. The van der Waals surface area contributed by atoms with Gasteiger partial charge in [-0.3, -0.25) is 9.69 Å². The summed E-state index contributed by atoms with van der Waals surface area (Å²) in [6, 6.07) is 1.92. The van der Waals surface area contributed by atoms with Crippen LogP contribution in [0.2, 0.25) is 0 Å². The van der Waals surface area contributed by atoms with Gasteiger partial charge in [0.1, 0.15) is 4.32 Å². The van der Waals surface area contributed by atoms with Crippen LogP contribution < -0.4 is 10.2 Å². The van der Waals surface area contributed by atoms with Gasteiger partial charge in [0.25, 0.3) is 5.91 Å². The van der Waals surface area contributed by atoms with Crippen molar-refractivity contribution >= 4 is 63.6 Å². The molecule has 0 radical (unpaired) electrons. The van der Waals surface area contributed by atoms with Crippen LogP contribution in [0.5, 0.6) is 0 Å². The number of rotatable bonds is 5. The molecule has 2 heterocycles. The van der Waals surface area contributed by atoms with Crippen LogP contribution in [0, 0.1) is 0 Å². The van der Waals surface area contributed by atoms with E-state index in [0.29, 0.717) is 0 Å². The molecular weight excluding hydrogens is 334 g/mol. The number of hydrogen-bond acceptors (Lipinski definition) is 8. The normalized spacial score (nSPS) is 18.3. The van der Waals surface area contributed by atoms with E-state index in [1.165, 1.54) is 11.3 Å². The first-order chi connectivity index (χ1) is 9.90. The average Bonchev–Trinajstić information content (AvgIpc) is 2.97. The highest BCUT2D eigenvalue weighted by Crippen LogP contribution is 2.35. The van der Waals surface area contributed by atoms with E-state index in [1.54, 1.807) is 18.2 Å². The molecule has 0 saturated carbocycles. The number of thiocarbonyl (C=S) groups is 1. The lowest BCUT2D eigenvalue weighted by atomic mass is 10.2. The fraction of sp³-hybridized carbons (Fsp3) is 0.167. The lowest BCUT2D eigenvalue weighted by Gasteiger charge is -2.27. The molecule has 1 aromatic heterocycles. The molecule has 1 atom stereocenters. The summed E-state index contributed by atoms with van der Waals surface area (Å²) < 4.78 is -0.0155. The molecule has 0 aromatic carbocycles. The van der Waals surface area contributed by atoms with Gasteiger partial charge in [-0.15, -0.1) is 11.3 Å². The van der Waals surface area contributed by atoms with Gasteiger partial charge in [-0.05, 0) is 17.5 Å². The van der Waals surface area contributed by atoms with Gasteiger partial charge in [-0.25, -0.2) is 0 Å². The Balaban J connectivity index is 2.29. The van der Waals surface area contributed by atoms with Crippen LogP contribution in [0.15, 0.2) is 22.4 Å². The summed E-state index contributed by atoms with van der Waals surface area (Å²) in [5, 5.41) is 23.5. The standard InChI is InChI=1S/C12H9NO5S3/c14-9(15)5-7(11(17)18)13-10(16)8(21-12(13)19)4-6-2-1-3-20-6/h1-4,7H,5H2,(H,14,15)(H,17,18)/p-2/b8-4+/t7-/m1/s1. The monoisotopic (exact) mass is 341 g/mol. The van der Waals surface area contributed by atoms with Gasteiger partial charge in [0.15, 0.2) is 0 Å². The number of nitrogens with zero attached hydrogens (tertiary/aromatic N) is 1. The quantitative estimate of drug-likeness (QED) is 0.511. The number of carbonyl (C=O) groups is 3. The highest BCUT2D eigenvalue weighted by Gasteiger charge is 2.37. The third-order valence-electron chi connectivity index (χ3n) is 2.58. The van der Waals surface area contributed by atoms with Crippen LogP contribution in [0.4, 0.5) is 0 Å². The predicted octanol–water partition coefficient (Wildman–Crippen LogP) is -0.792. The molecule has 0 aliphatic carbocycles. The SMILES string of the molecule is O=C([O-])C[C@H](C(=O)[O-])N1C(=O)/C(=C\c2cccs2)SC1=S. The highest BCUT2D eigenvalue weighted by molar-refractivity contribution is 8.26. The van der Waals surface area contributed by atoms with Crippen LogP contribution >= 0.6 is 35.3 Å². The van der Waals surface area contributed by atoms with E-state index in [0.717, 1.165) is 21.5 Å². The maximum absolute atomic E-state index is 12.2. The van der Waals surface area contributed by atoms with Crippen molar-refractivity contribution in [3.63, 3.8) is 0 Å². The Morgan fingerprint density at radius 2 is 2.14 bits per heavy atom. The first kappa shape index (κ1) is 15.7. The third kappa shape index (κ3) is 3.49. The number of carboxylic acids is 2. The van der Waals surface area contributed by atoms with Gasteiger partial charge in [-0.2, -0.15) is 0 Å². The number of carboxylic acid groups (broad SMARTS) is 2. The lowest BCUT2D eigenvalue weighted by molar-refractivity contribution is -0.319. The molecule has 110 valence electrons. The fourth-order valence-electron chi connectivity index (χ4n) is 1.69. The fourth-order valence-corrected chi connectivity index (χ4v) is 3.77. The molecule has 9 heteroatoms. The van der Waals surface area contributed by atoms with Gasteiger partial charge in [0.05, 0.1) is 16.9 Å². The number of amides is 1. The van der Waals surface area contributed by atoms with E-state index in [1.807, 2.05) is 5.38 Å². The topological polar surface area (TPSA) is 101 Å². The second-order valence-electron chi connectivity index (χ2n) is 3.98. The van der Waals surface area contributed by atoms with Crippen molar-refractivity contribution < 1.29 is 24.6 Å². The van der Waals surface area contributed by atoms with Crippen molar-refractivity contribution in [2.75, 3.05) is 0 Å². The second-order valence-corrected chi connectivity index (χ2v) is 6.63. The number of carbonyl (C=O) groups excluding carboxylic acids is 3. The summed E-state index contributed by atoms with van der Waals surface area (Å²) in [7, 11) is 0. The van der Waals surface area contributed by atoms with Crippen molar-refractivity contribution in [1.82, 2.24) is 4.90 Å². The Labute approximate surface area is 133 Å². The van der Waals surface area contributed by atoms with Crippen molar-refractivity contribution in [2.24, 2.45) is 0 Å². The molecule has 1 fully saturated rings. The van der Waals surface area contributed by atoms with E-state index in [-0.39, 0.29) is 9.23 Å². The molecule has 1 aliphatic heterocycles. The van der Waals surface area contributed by atoms with Crippen LogP contribution in [0.1, 0.15) is 11.3 Å².